The summed E-state index contributed by atoms with van der Waals surface area (Å²) < 4.78 is 11.6. The van der Waals surface area contributed by atoms with Gasteiger partial charge in [0, 0.05) is 26.2 Å². The zero-order valence-corrected chi connectivity index (χ0v) is 15.1. The van der Waals surface area contributed by atoms with Crippen LogP contribution in [0.1, 0.15) is 53.9 Å². The standard InChI is InChI=1S/C17H30N2O4/c1-6-18-12-17(22-13(2)14(18)20)8-7-10-19(11-9-17)15(21)23-16(3,4)5/h13H,6-12H2,1-5H3/t13-,17?/m0/s1. The Kier molecular flexibility index (Phi) is 5.23. The lowest BCUT2D eigenvalue weighted by atomic mass is 9.91. The van der Waals surface area contributed by atoms with E-state index in [1.54, 1.807) is 4.90 Å². The van der Waals surface area contributed by atoms with Gasteiger partial charge < -0.3 is 19.3 Å². The Morgan fingerprint density at radius 2 is 2.04 bits per heavy atom. The fourth-order valence-electron chi connectivity index (χ4n) is 3.37. The largest absolute Gasteiger partial charge is 0.444 e. The van der Waals surface area contributed by atoms with Crippen LogP contribution in [-0.2, 0) is 14.3 Å². The SMILES string of the molecule is CCN1CC2(CCCN(C(=O)OC(C)(C)C)CC2)O[C@@H](C)C1=O. The molecule has 2 atom stereocenters. The number of ether oxygens (including phenoxy) is 2. The normalized spacial score (nSPS) is 29.6. The highest BCUT2D eigenvalue weighted by atomic mass is 16.6. The highest BCUT2D eigenvalue weighted by Crippen LogP contribution is 2.33. The highest BCUT2D eigenvalue weighted by Gasteiger charge is 2.44. The van der Waals surface area contributed by atoms with Crippen LogP contribution in [0.25, 0.3) is 0 Å². The first kappa shape index (κ1) is 18.0. The summed E-state index contributed by atoms with van der Waals surface area (Å²) in [6.45, 7) is 12.0. The minimum Gasteiger partial charge on any atom is -0.444 e. The van der Waals surface area contributed by atoms with Crippen LogP contribution in [0, 0.1) is 0 Å². The van der Waals surface area contributed by atoms with Gasteiger partial charge in [-0.15, -0.1) is 0 Å². The molecule has 2 amide bonds. The van der Waals surface area contributed by atoms with Gasteiger partial charge in [0.25, 0.3) is 5.91 Å². The predicted octanol–water partition coefficient (Wildman–Crippen LogP) is 2.41. The van der Waals surface area contributed by atoms with Gasteiger partial charge in [-0.1, -0.05) is 0 Å². The average Bonchev–Trinajstić information content (AvgIpc) is 2.64. The summed E-state index contributed by atoms with van der Waals surface area (Å²) in [5, 5.41) is 0. The van der Waals surface area contributed by atoms with Crippen molar-refractivity contribution in [2.24, 2.45) is 0 Å². The van der Waals surface area contributed by atoms with Crippen LogP contribution in [0.5, 0.6) is 0 Å². The summed E-state index contributed by atoms with van der Waals surface area (Å²) in [6.07, 6.45) is 1.79. The second kappa shape index (κ2) is 6.67. The first-order valence-corrected chi connectivity index (χ1v) is 8.60. The van der Waals surface area contributed by atoms with Gasteiger partial charge in [-0.3, -0.25) is 4.79 Å². The molecule has 1 unspecified atom stereocenters. The average molecular weight is 326 g/mol. The van der Waals surface area contributed by atoms with Crippen molar-refractivity contribution in [2.45, 2.75) is 71.2 Å². The number of carbonyl (C=O) groups excluding carboxylic acids is 2. The van der Waals surface area contributed by atoms with E-state index in [9.17, 15) is 9.59 Å². The zero-order valence-electron chi connectivity index (χ0n) is 15.1. The molecule has 2 fully saturated rings. The van der Waals surface area contributed by atoms with E-state index in [1.807, 2.05) is 39.5 Å². The van der Waals surface area contributed by atoms with E-state index < -0.39 is 11.7 Å². The third-order valence-electron chi connectivity index (χ3n) is 4.50. The molecule has 2 heterocycles. The van der Waals surface area contributed by atoms with Crippen LogP contribution in [-0.4, -0.2) is 65.3 Å². The molecule has 0 bridgehead atoms. The van der Waals surface area contributed by atoms with E-state index in [4.69, 9.17) is 9.47 Å². The Labute approximate surface area is 139 Å². The van der Waals surface area contributed by atoms with Gasteiger partial charge in [-0.05, 0) is 53.9 Å². The summed E-state index contributed by atoms with van der Waals surface area (Å²) in [5.41, 5.74) is -0.817. The molecule has 0 radical (unpaired) electrons. The summed E-state index contributed by atoms with van der Waals surface area (Å²) in [5.74, 6) is 0.0615. The number of hydrogen-bond acceptors (Lipinski definition) is 4. The summed E-state index contributed by atoms with van der Waals surface area (Å²) >= 11 is 0. The Balaban J connectivity index is 2.03. The highest BCUT2D eigenvalue weighted by molar-refractivity contribution is 5.81. The number of morpholine rings is 1. The van der Waals surface area contributed by atoms with Gasteiger partial charge in [0.05, 0.1) is 5.60 Å². The molecule has 6 heteroatoms. The molecule has 0 N–H and O–H groups in total. The van der Waals surface area contributed by atoms with E-state index in [0.717, 1.165) is 19.3 Å². The molecule has 6 nitrogen and oxygen atoms in total. The number of nitrogens with zero attached hydrogens (tertiary/aromatic N) is 2. The minimum atomic E-state index is -0.484. The number of likely N-dealkylation sites (N-methyl/N-ethyl adjacent to an activating group) is 1. The van der Waals surface area contributed by atoms with Crippen molar-refractivity contribution in [3.05, 3.63) is 0 Å². The smallest absolute Gasteiger partial charge is 0.410 e. The second-order valence-corrected chi connectivity index (χ2v) is 7.62. The molecule has 1 spiro atoms. The van der Waals surface area contributed by atoms with E-state index in [2.05, 4.69) is 0 Å². The molecule has 2 aliphatic rings. The zero-order chi connectivity index (χ0) is 17.3. The molecule has 0 aliphatic carbocycles. The van der Waals surface area contributed by atoms with Crippen molar-refractivity contribution in [2.75, 3.05) is 26.2 Å². The van der Waals surface area contributed by atoms with Crippen LogP contribution in [0.15, 0.2) is 0 Å². The van der Waals surface area contributed by atoms with Gasteiger partial charge in [0.15, 0.2) is 0 Å². The number of likely N-dealkylation sites (tertiary alicyclic amines) is 1. The van der Waals surface area contributed by atoms with Gasteiger partial charge in [-0.25, -0.2) is 4.79 Å². The molecular weight excluding hydrogens is 296 g/mol. The van der Waals surface area contributed by atoms with Crippen molar-refractivity contribution in [1.82, 2.24) is 9.80 Å². The van der Waals surface area contributed by atoms with E-state index in [1.165, 1.54) is 0 Å². The Morgan fingerprint density at radius 1 is 1.35 bits per heavy atom. The molecule has 0 saturated carbocycles. The molecular formula is C17H30N2O4. The van der Waals surface area contributed by atoms with Gasteiger partial charge >= 0.3 is 6.09 Å². The Bertz CT molecular complexity index is 460. The number of hydrogen-bond donors (Lipinski definition) is 0. The lowest BCUT2D eigenvalue weighted by molar-refractivity contribution is -0.182. The van der Waals surface area contributed by atoms with Crippen LogP contribution in [0.3, 0.4) is 0 Å². The lowest BCUT2D eigenvalue weighted by Crippen LogP contribution is -2.58. The molecule has 2 saturated heterocycles. The van der Waals surface area contributed by atoms with Crippen molar-refractivity contribution < 1.29 is 19.1 Å². The minimum absolute atomic E-state index is 0.0615. The quantitative estimate of drug-likeness (QED) is 0.742. The maximum Gasteiger partial charge on any atom is 0.410 e. The third kappa shape index (κ3) is 4.37. The first-order chi connectivity index (χ1) is 10.7. The number of rotatable bonds is 1. The molecule has 0 aromatic carbocycles. The van der Waals surface area contributed by atoms with Crippen LogP contribution < -0.4 is 0 Å². The van der Waals surface area contributed by atoms with E-state index in [0.29, 0.717) is 26.2 Å². The Morgan fingerprint density at radius 3 is 2.65 bits per heavy atom. The summed E-state index contributed by atoms with van der Waals surface area (Å²) in [4.78, 5) is 28.0. The van der Waals surface area contributed by atoms with E-state index in [-0.39, 0.29) is 17.6 Å². The van der Waals surface area contributed by atoms with Gasteiger partial charge in [0.1, 0.15) is 11.7 Å². The van der Waals surface area contributed by atoms with Crippen molar-refractivity contribution >= 4 is 12.0 Å². The molecule has 0 aromatic heterocycles. The molecule has 23 heavy (non-hydrogen) atoms. The summed E-state index contributed by atoms with van der Waals surface area (Å²) in [7, 11) is 0. The lowest BCUT2D eigenvalue weighted by Gasteiger charge is -2.44. The fourth-order valence-corrected chi connectivity index (χ4v) is 3.37. The first-order valence-electron chi connectivity index (χ1n) is 8.60. The number of amides is 2. The third-order valence-corrected chi connectivity index (χ3v) is 4.50. The Hall–Kier alpha value is -1.30. The fraction of sp³-hybridized carbons (Fsp3) is 0.882. The monoisotopic (exact) mass is 326 g/mol. The molecule has 2 rings (SSSR count). The predicted molar refractivity (Wildman–Crippen MR) is 87.2 cm³/mol. The van der Waals surface area contributed by atoms with Crippen LogP contribution in [0.2, 0.25) is 0 Å². The van der Waals surface area contributed by atoms with E-state index >= 15 is 0 Å². The van der Waals surface area contributed by atoms with Crippen molar-refractivity contribution in [1.29, 1.82) is 0 Å². The van der Waals surface area contributed by atoms with Crippen molar-refractivity contribution in [3.63, 3.8) is 0 Å². The van der Waals surface area contributed by atoms with Gasteiger partial charge in [-0.2, -0.15) is 0 Å². The summed E-state index contributed by atoms with van der Waals surface area (Å²) in [6, 6.07) is 0. The topological polar surface area (TPSA) is 59.1 Å². The molecule has 2 aliphatic heterocycles. The van der Waals surface area contributed by atoms with Gasteiger partial charge in [0.2, 0.25) is 0 Å². The molecule has 132 valence electrons. The molecule has 0 aromatic rings. The van der Waals surface area contributed by atoms with Crippen LogP contribution >= 0.6 is 0 Å². The number of carbonyl (C=O) groups is 2. The van der Waals surface area contributed by atoms with Crippen molar-refractivity contribution in [3.8, 4) is 0 Å². The second-order valence-electron chi connectivity index (χ2n) is 7.62. The maximum atomic E-state index is 12.3. The maximum absolute atomic E-state index is 12.3. The van der Waals surface area contributed by atoms with Crippen LogP contribution in [0.4, 0.5) is 4.79 Å².